The monoisotopic (exact) mass is 317 g/mol. The molecule has 100 valence electrons. The van der Waals surface area contributed by atoms with E-state index in [4.69, 9.17) is 24.7 Å². The van der Waals surface area contributed by atoms with Crippen molar-refractivity contribution in [1.29, 1.82) is 0 Å². The standard InChI is InChI=1S/C12H16BrNO4/c13-9-7-11-12(8-10(9)14)18-6-4-16-2-1-15-3-5-17-11/h7-8H,1-6,14H2. The van der Waals surface area contributed by atoms with Crippen LogP contribution < -0.4 is 15.2 Å². The third-order valence-electron chi connectivity index (χ3n) is 2.41. The van der Waals surface area contributed by atoms with E-state index in [0.29, 0.717) is 56.8 Å². The van der Waals surface area contributed by atoms with Gasteiger partial charge in [0.15, 0.2) is 11.5 Å². The summed E-state index contributed by atoms with van der Waals surface area (Å²) in [7, 11) is 0. The summed E-state index contributed by atoms with van der Waals surface area (Å²) in [6, 6.07) is 3.54. The third kappa shape index (κ3) is 3.76. The Morgan fingerprint density at radius 2 is 1.33 bits per heavy atom. The molecule has 0 unspecified atom stereocenters. The van der Waals surface area contributed by atoms with Crippen LogP contribution in [0.3, 0.4) is 0 Å². The minimum Gasteiger partial charge on any atom is -0.487 e. The van der Waals surface area contributed by atoms with Crippen molar-refractivity contribution in [2.24, 2.45) is 0 Å². The fourth-order valence-electron chi connectivity index (χ4n) is 1.52. The topological polar surface area (TPSA) is 62.9 Å². The summed E-state index contributed by atoms with van der Waals surface area (Å²) >= 11 is 3.37. The third-order valence-corrected chi connectivity index (χ3v) is 3.09. The van der Waals surface area contributed by atoms with Gasteiger partial charge in [0.25, 0.3) is 0 Å². The molecule has 0 aromatic heterocycles. The SMILES string of the molecule is Nc1cc2c(cc1Br)OCCOCCOCCO2. The number of benzene rings is 1. The van der Waals surface area contributed by atoms with Crippen molar-refractivity contribution in [2.45, 2.75) is 0 Å². The van der Waals surface area contributed by atoms with Gasteiger partial charge in [-0.1, -0.05) is 0 Å². The highest BCUT2D eigenvalue weighted by atomic mass is 79.9. The van der Waals surface area contributed by atoms with Crippen molar-refractivity contribution in [1.82, 2.24) is 0 Å². The molecular weight excluding hydrogens is 302 g/mol. The van der Waals surface area contributed by atoms with Crippen LogP contribution in [0.2, 0.25) is 0 Å². The van der Waals surface area contributed by atoms with Gasteiger partial charge < -0.3 is 24.7 Å². The van der Waals surface area contributed by atoms with E-state index in [1.807, 2.05) is 0 Å². The molecule has 1 heterocycles. The van der Waals surface area contributed by atoms with Crippen molar-refractivity contribution in [3.8, 4) is 11.5 Å². The Hall–Kier alpha value is -0.980. The normalized spacial score (nSPS) is 17.6. The molecule has 5 nitrogen and oxygen atoms in total. The molecule has 0 aliphatic carbocycles. The molecule has 0 bridgehead atoms. The van der Waals surface area contributed by atoms with Crippen LogP contribution in [-0.2, 0) is 9.47 Å². The van der Waals surface area contributed by atoms with Crippen LogP contribution in [0.25, 0.3) is 0 Å². The highest BCUT2D eigenvalue weighted by Gasteiger charge is 2.10. The Balaban J connectivity index is 2.12. The lowest BCUT2D eigenvalue weighted by Gasteiger charge is -2.16. The Morgan fingerprint density at radius 1 is 0.833 bits per heavy atom. The number of nitrogens with two attached hydrogens (primary N) is 1. The molecule has 0 atom stereocenters. The average molecular weight is 318 g/mol. The van der Waals surface area contributed by atoms with E-state index in [-0.39, 0.29) is 0 Å². The maximum atomic E-state index is 5.82. The van der Waals surface area contributed by atoms with Crippen LogP contribution in [-0.4, -0.2) is 39.6 Å². The number of fused-ring (bicyclic) bond motifs is 1. The van der Waals surface area contributed by atoms with E-state index in [2.05, 4.69) is 15.9 Å². The van der Waals surface area contributed by atoms with Crippen LogP contribution in [0.15, 0.2) is 16.6 Å². The molecule has 0 spiro atoms. The minimum absolute atomic E-state index is 0.456. The van der Waals surface area contributed by atoms with E-state index < -0.39 is 0 Å². The van der Waals surface area contributed by atoms with Crippen LogP contribution in [0, 0.1) is 0 Å². The van der Waals surface area contributed by atoms with E-state index in [0.717, 1.165) is 4.47 Å². The number of anilines is 1. The van der Waals surface area contributed by atoms with E-state index >= 15 is 0 Å². The maximum Gasteiger partial charge on any atom is 0.163 e. The Bertz CT molecular complexity index is 363. The predicted octanol–water partition coefficient (Wildman–Crippen LogP) is 1.84. The molecule has 2 N–H and O–H groups in total. The average Bonchev–Trinajstić information content (AvgIpc) is 2.34. The zero-order valence-electron chi connectivity index (χ0n) is 9.99. The fourth-order valence-corrected chi connectivity index (χ4v) is 1.84. The van der Waals surface area contributed by atoms with Gasteiger partial charge in [-0.05, 0) is 15.9 Å². The maximum absolute atomic E-state index is 5.82. The number of hydrogen-bond acceptors (Lipinski definition) is 5. The van der Waals surface area contributed by atoms with Gasteiger partial charge in [-0.15, -0.1) is 0 Å². The lowest BCUT2D eigenvalue weighted by Crippen LogP contribution is -2.15. The second-order valence-electron chi connectivity index (χ2n) is 3.74. The largest absolute Gasteiger partial charge is 0.487 e. The first-order valence-electron chi connectivity index (χ1n) is 5.77. The quantitative estimate of drug-likeness (QED) is 0.740. The molecular formula is C12H16BrNO4. The van der Waals surface area contributed by atoms with Crippen molar-refractivity contribution in [3.05, 3.63) is 16.6 Å². The summed E-state index contributed by atoms with van der Waals surface area (Å²) in [5.74, 6) is 1.28. The van der Waals surface area contributed by atoms with Crippen LogP contribution >= 0.6 is 15.9 Å². The number of rotatable bonds is 0. The summed E-state index contributed by atoms with van der Waals surface area (Å²) in [6.07, 6.45) is 0. The second kappa shape index (κ2) is 6.82. The molecule has 1 aliphatic rings. The fraction of sp³-hybridized carbons (Fsp3) is 0.500. The Kier molecular flexibility index (Phi) is 5.10. The summed E-state index contributed by atoms with van der Waals surface area (Å²) in [4.78, 5) is 0. The van der Waals surface area contributed by atoms with Crippen molar-refractivity contribution in [3.63, 3.8) is 0 Å². The molecule has 1 aromatic rings. The van der Waals surface area contributed by atoms with Crippen LogP contribution in [0.4, 0.5) is 5.69 Å². The van der Waals surface area contributed by atoms with Gasteiger partial charge in [0, 0.05) is 22.3 Å². The summed E-state index contributed by atoms with van der Waals surface area (Å²) in [5.41, 5.74) is 6.43. The smallest absolute Gasteiger partial charge is 0.163 e. The number of halogens is 1. The lowest BCUT2D eigenvalue weighted by molar-refractivity contribution is 0.0223. The summed E-state index contributed by atoms with van der Waals surface area (Å²) in [5, 5.41) is 0. The highest BCUT2D eigenvalue weighted by Crippen LogP contribution is 2.35. The number of ether oxygens (including phenoxy) is 4. The molecule has 2 rings (SSSR count). The summed E-state index contributed by atoms with van der Waals surface area (Å²) < 4.78 is 22.7. The van der Waals surface area contributed by atoms with Gasteiger partial charge in [-0.25, -0.2) is 0 Å². The zero-order valence-corrected chi connectivity index (χ0v) is 11.6. The highest BCUT2D eigenvalue weighted by molar-refractivity contribution is 9.10. The van der Waals surface area contributed by atoms with Gasteiger partial charge >= 0.3 is 0 Å². The van der Waals surface area contributed by atoms with E-state index in [1.165, 1.54) is 0 Å². The Labute approximate surface area is 114 Å². The van der Waals surface area contributed by atoms with Crippen LogP contribution in [0.1, 0.15) is 0 Å². The van der Waals surface area contributed by atoms with Gasteiger partial charge in [-0.2, -0.15) is 0 Å². The van der Waals surface area contributed by atoms with Gasteiger partial charge in [0.1, 0.15) is 13.2 Å². The number of nitrogen functional groups attached to an aromatic ring is 1. The van der Waals surface area contributed by atoms with Gasteiger partial charge in [0.2, 0.25) is 0 Å². The first-order valence-corrected chi connectivity index (χ1v) is 6.57. The summed E-state index contributed by atoms with van der Waals surface area (Å²) in [6.45, 7) is 3.09. The molecule has 18 heavy (non-hydrogen) atoms. The molecule has 6 heteroatoms. The van der Waals surface area contributed by atoms with Crippen LogP contribution in [0.5, 0.6) is 11.5 Å². The second-order valence-corrected chi connectivity index (χ2v) is 4.60. The van der Waals surface area contributed by atoms with Crippen molar-refractivity contribution in [2.75, 3.05) is 45.4 Å². The lowest BCUT2D eigenvalue weighted by atomic mass is 10.3. The van der Waals surface area contributed by atoms with Crippen molar-refractivity contribution < 1.29 is 18.9 Å². The molecule has 0 saturated heterocycles. The van der Waals surface area contributed by atoms with Crippen molar-refractivity contribution >= 4 is 21.6 Å². The molecule has 1 aliphatic heterocycles. The number of hydrogen-bond donors (Lipinski definition) is 1. The Morgan fingerprint density at radius 3 is 1.94 bits per heavy atom. The minimum atomic E-state index is 0.456. The molecule has 0 saturated carbocycles. The first kappa shape index (κ1) is 13.5. The van der Waals surface area contributed by atoms with E-state index in [1.54, 1.807) is 12.1 Å². The molecule has 0 amide bonds. The molecule has 0 fully saturated rings. The van der Waals surface area contributed by atoms with Gasteiger partial charge in [0.05, 0.1) is 26.4 Å². The zero-order chi connectivity index (χ0) is 12.8. The molecule has 0 radical (unpaired) electrons. The molecule has 1 aromatic carbocycles. The van der Waals surface area contributed by atoms with E-state index in [9.17, 15) is 0 Å². The van der Waals surface area contributed by atoms with Gasteiger partial charge in [-0.3, -0.25) is 0 Å². The predicted molar refractivity (Wildman–Crippen MR) is 71.2 cm³/mol. The first-order chi connectivity index (χ1) is 8.77.